The summed E-state index contributed by atoms with van der Waals surface area (Å²) in [5, 5.41) is 0. The standard InChI is InChI=1S/C15H32N4/c1-4-6-18-8-10-19(11-9-18)15(13-16)5-7-17(3)14(2)12-15/h14H,4-13,16H2,1-3H3. The van der Waals surface area contributed by atoms with Gasteiger partial charge < -0.3 is 15.5 Å². The van der Waals surface area contributed by atoms with E-state index in [4.69, 9.17) is 5.73 Å². The molecule has 2 aliphatic rings. The van der Waals surface area contributed by atoms with E-state index in [9.17, 15) is 0 Å². The van der Waals surface area contributed by atoms with E-state index in [1.165, 1.54) is 58.5 Å². The van der Waals surface area contributed by atoms with Crippen LogP contribution in [0.25, 0.3) is 0 Å². The molecule has 2 N–H and O–H groups in total. The maximum atomic E-state index is 6.20. The number of hydrogen-bond acceptors (Lipinski definition) is 4. The van der Waals surface area contributed by atoms with Gasteiger partial charge in [-0.05, 0) is 46.3 Å². The van der Waals surface area contributed by atoms with Crippen molar-refractivity contribution in [1.29, 1.82) is 0 Å². The molecule has 2 saturated heterocycles. The van der Waals surface area contributed by atoms with E-state index in [1.54, 1.807) is 0 Å². The summed E-state index contributed by atoms with van der Waals surface area (Å²) in [5.41, 5.74) is 6.46. The van der Waals surface area contributed by atoms with Gasteiger partial charge in [0.15, 0.2) is 0 Å². The first-order valence-electron chi connectivity index (χ1n) is 7.99. The van der Waals surface area contributed by atoms with Gasteiger partial charge in [-0.3, -0.25) is 4.90 Å². The van der Waals surface area contributed by atoms with Crippen molar-refractivity contribution in [3.8, 4) is 0 Å². The van der Waals surface area contributed by atoms with E-state index >= 15 is 0 Å². The lowest BCUT2D eigenvalue weighted by molar-refractivity contribution is -0.0173. The molecule has 0 spiro atoms. The fourth-order valence-electron chi connectivity index (χ4n) is 3.78. The lowest BCUT2D eigenvalue weighted by Crippen LogP contribution is -2.64. The van der Waals surface area contributed by atoms with Crippen LogP contribution >= 0.6 is 0 Å². The van der Waals surface area contributed by atoms with Gasteiger partial charge >= 0.3 is 0 Å². The Kier molecular flexibility index (Phi) is 5.23. The SMILES string of the molecule is CCCN1CCN(C2(CN)CCN(C)C(C)C2)CC1. The fraction of sp³-hybridized carbons (Fsp3) is 1.00. The molecule has 0 saturated carbocycles. The molecule has 0 bridgehead atoms. The minimum Gasteiger partial charge on any atom is -0.329 e. The number of hydrogen-bond donors (Lipinski definition) is 1. The zero-order valence-corrected chi connectivity index (χ0v) is 13.1. The lowest BCUT2D eigenvalue weighted by atomic mass is 9.81. The largest absolute Gasteiger partial charge is 0.329 e. The molecule has 2 rings (SSSR count). The average molecular weight is 268 g/mol. The van der Waals surface area contributed by atoms with E-state index in [-0.39, 0.29) is 5.54 Å². The second kappa shape index (κ2) is 6.53. The van der Waals surface area contributed by atoms with Gasteiger partial charge in [0.25, 0.3) is 0 Å². The minimum absolute atomic E-state index is 0.268. The van der Waals surface area contributed by atoms with Gasteiger partial charge in [-0.15, -0.1) is 0 Å². The molecule has 4 nitrogen and oxygen atoms in total. The first-order valence-corrected chi connectivity index (χ1v) is 7.99. The minimum atomic E-state index is 0.268. The van der Waals surface area contributed by atoms with Crippen LogP contribution in [0, 0.1) is 0 Å². The van der Waals surface area contributed by atoms with Gasteiger partial charge in [0.2, 0.25) is 0 Å². The van der Waals surface area contributed by atoms with Gasteiger partial charge in [-0.1, -0.05) is 6.92 Å². The van der Waals surface area contributed by atoms with Crippen molar-refractivity contribution in [3.63, 3.8) is 0 Å². The summed E-state index contributed by atoms with van der Waals surface area (Å²) in [6.45, 7) is 12.7. The van der Waals surface area contributed by atoms with Gasteiger partial charge in [0, 0.05) is 44.3 Å². The predicted molar refractivity (Wildman–Crippen MR) is 81.4 cm³/mol. The highest BCUT2D eigenvalue weighted by Crippen LogP contribution is 2.31. The van der Waals surface area contributed by atoms with Crippen LogP contribution in [0.1, 0.15) is 33.1 Å². The number of piperidine rings is 1. The zero-order valence-electron chi connectivity index (χ0n) is 13.1. The molecule has 4 heteroatoms. The van der Waals surface area contributed by atoms with Crippen molar-refractivity contribution < 1.29 is 0 Å². The van der Waals surface area contributed by atoms with Crippen molar-refractivity contribution in [2.75, 3.05) is 52.9 Å². The van der Waals surface area contributed by atoms with Crippen molar-refractivity contribution in [3.05, 3.63) is 0 Å². The van der Waals surface area contributed by atoms with Crippen molar-refractivity contribution in [2.24, 2.45) is 5.73 Å². The first-order chi connectivity index (χ1) is 9.11. The number of nitrogens with zero attached hydrogens (tertiary/aromatic N) is 3. The highest BCUT2D eigenvalue weighted by atomic mass is 15.3. The van der Waals surface area contributed by atoms with Crippen molar-refractivity contribution >= 4 is 0 Å². The quantitative estimate of drug-likeness (QED) is 0.819. The molecular formula is C15H32N4. The molecule has 0 amide bonds. The Morgan fingerprint density at radius 2 is 1.84 bits per heavy atom. The van der Waals surface area contributed by atoms with Gasteiger partial charge in [-0.25, -0.2) is 0 Å². The highest BCUT2D eigenvalue weighted by Gasteiger charge is 2.41. The lowest BCUT2D eigenvalue weighted by Gasteiger charge is -2.52. The third-order valence-electron chi connectivity index (χ3n) is 5.32. The molecule has 2 fully saturated rings. The van der Waals surface area contributed by atoms with Crippen molar-refractivity contribution in [2.45, 2.75) is 44.7 Å². The normalized spacial score (nSPS) is 35.7. The summed E-state index contributed by atoms with van der Waals surface area (Å²) >= 11 is 0. The van der Waals surface area contributed by atoms with Crippen LogP contribution in [-0.2, 0) is 0 Å². The molecule has 0 aromatic rings. The molecule has 2 atom stereocenters. The van der Waals surface area contributed by atoms with Gasteiger partial charge in [0.1, 0.15) is 0 Å². The molecule has 19 heavy (non-hydrogen) atoms. The average Bonchev–Trinajstić information content (AvgIpc) is 2.43. The Bertz CT molecular complexity index is 275. The van der Waals surface area contributed by atoms with Crippen LogP contribution in [-0.4, -0.2) is 79.1 Å². The molecule has 0 aliphatic carbocycles. The topological polar surface area (TPSA) is 35.7 Å². The molecule has 0 aromatic carbocycles. The molecule has 2 aliphatic heterocycles. The maximum Gasteiger partial charge on any atom is 0.0359 e. The van der Waals surface area contributed by atoms with Crippen LogP contribution in [0.4, 0.5) is 0 Å². The third-order valence-corrected chi connectivity index (χ3v) is 5.32. The van der Waals surface area contributed by atoms with E-state index < -0.39 is 0 Å². The van der Waals surface area contributed by atoms with Gasteiger partial charge in [-0.2, -0.15) is 0 Å². The summed E-state index contributed by atoms with van der Waals surface area (Å²) in [5.74, 6) is 0. The maximum absolute atomic E-state index is 6.20. The predicted octanol–water partition coefficient (Wildman–Crippen LogP) is 0.826. The zero-order chi connectivity index (χ0) is 13.9. The summed E-state index contributed by atoms with van der Waals surface area (Å²) in [6, 6.07) is 0.658. The van der Waals surface area contributed by atoms with Crippen LogP contribution in [0.3, 0.4) is 0 Å². The molecule has 2 heterocycles. The number of nitrogens with two attached hydrogens (primary N) is 1. The molecular weight excluding hydrogens is 236 g/mol. The molecule has 0 radical (unpaired) electrons. The first kappa shape index (κ1) is 15.2. The summed E-state index contributed by atoms with van der Waals surface area (Å²) in [4.78, 5) is 7.77. The van der Waals surface area contributed by atoms with Gasteiger partial charge in [0.05, 0.1) is 0 Å². The van der Waals surface area contributed by atoms with E-state index in [1.807, 2.05) is 0 Å². The van der Waals surface area contributed by atoms with Crippen molar-refractivity contribution in [1.82, 2.24) is 14.7 Å². The van der Waals surface area contributed by atoms with E-state index in [0.29, 0.717) is 6.04 Å². The fourth-order valence-corrected chi connectivity index (χ4v) is 3.78. The Hall–Kier alpha value is -0.160. The Balaban J connectivity index is 1.95. The van der Waals surface area contributed by atoms with Crippen LogP contribution in [0.5, 0.6) is 0 Å². The molecule has 2 unspecified atom stereocenters. The number of piperazine rings is 1. The Morgan fingerprint density at radius 3 is 2.37 bits per heavy atom. The third kappa shape index (κ3) is 3.30. The second-order valence-electron chi connectivity index (χ2n) is 6.54. The molecule has 0 aromatic heterocycles. The monoisotopic (exact) mass is 268 g/mol. The summed E-state index contributed by atoms with van der Waals surface area (Å²) in [7, 11) is 2.24. The molecule has 112 valence electrons. The second-order valence-corrected chi connectivity index (χ2v) is 6.54. The van der Waals surface area contributed by atoms with E-state index in [2.05, 4.69) is 35.6 Å². The highest BCUT2D eigenvalue weighted by molar-refractivity contribution is 4.99. The van der Waals surface area contributed by atoms with Crippen LogP contribution < -0.4 is 5.73 Å². The Morgan fingerprint density at radius 1 is 1.16 bits per heavy atom. The van der Waals surface area contributed by atoms with Crippen LogP contribution in [0.15, 0.2) is 0 Å². The number of rotatable bonds is 4. The summed E-state index contributed by atoms with van der Waals surface area (Å²) < 4.78 is 0. The number of likely N-dealkylation sites (tertiary alicyclic amines) is 1. The Labute approximate surface area is 118 Å². The van der Waals surface area contributed by atoms with E-state index in [0.717, 1.165) is 6.54 Å². The smallest absolute Gasteiger partial charge is 0.0359 e. The van der Waals surface area contributed by atoms with Crippen LogP contribution in [0.2, 0.25) is 0 Å². The summed E-state index contributed by atoms with van der Waals surface area (Å²) in [6.07, 6.45) is 3.73.